The normalized spacial score (nSPS) is 13.1. The van der Waals surface area contributed by atoms with Crippen LogP contribution in [0.5, 0.6) is 0 Å². The minimum atomic E-state index is 0.516. The Bertz CT molecular complexity index is 439. The summed E-state index contributed by atoms with van der Waals surface area (Å²) in [6.45, 7) is 2.15. The van der Waals surface area contributed by atoms with Crippen molar-refractivity contribution in [2.24, 2.45) is 0 Å². The first-order valence-corrected chi connectivity index (χ1v) is 6.45. The smallest absolute Gasteiger partial charge is 0.128 e. The van der Waals surface area contributed by atoms with Crippen LogP contribution < -0.4 is 4.90 Å². The zero-order chi connectivity index (χ0) is 12.8. The van der Waals surface area contributed by atoms with Gasteiger partial charge >= 0.3 is 0 Å². The first-order valence-electron chi connectivity index (χ1n) is 6.45. The molecule has 0 amide bonds. The van der Waals surface area contributed by atoms with E-state index in [1.165, 1.54) is 17.7 Å². The molecule has 0 spiro atoms. The van der Waals surface area contributed by atoms with Crippen molar-refractivity contribution in [3.05, 3.63) is 23.4 Å². The third-order valence-electron chi connectivity index (χ3n) is 3.30. The van der Waals surface area contributed by atoms with E-state index in [0.717, 1.165) is 25.2 Å². The van der Waals surface area contributed by atoms with Gasteiger partial charge in [-0.15, -0.1) is 0 Å². The highest BCUT2D eigenvalue weighted by atomic mass is 16.5. The van der Waals surface area contributed by atoms with Crippen molar-refractivity contribution in [3.63, 3.8) is 0 Å². The second-order valence-electron chi connectivity index (χ2n) is 4.52. The van der Waals surface area contributed by atoms with E-state index in [1.54, 1.807) is 7.11 Å². The van der Waals surface area contributed by atoms with Crippen LogP contribution in [0.15, 0.2) is 12.1 Å². The van der Waals surface area contributed by atoms with Crippen LogP contribution in [0.25, 0.3) is 0 Å². The summed E-state index contributed by atoms with van der Waals surface area (Å²) in [7, 11) is 1.69. The van der Waals surface area contributed by atoms with Crippen molar-refractivity contribution in [2.75, 3.05) is 31.7 Å². The second kappa shape index (κ2) is 6.36. The largest absolute Gasteiger partial charge is 0.383 e. The number of fused-ring (bicyclic) bond motifs is 1. The Balaban J connectivity index is 2.11. The summed E-state index contributed by atoms with van der Waals surface area (Å²) in [6, 6.07) is 6.43. The fourth-order valence-electron chi connectivity index (χ4n) is 2.31. The summed E-state index contributed by atoms with van der Waals surface area (Å²) < 4.78 is 5.11. The van der Waals surface area contributed by atoms with Crippen molar-refractivity contribution in [3.8, 4) is 6.07 Å². The second-order valence-corrected chi connectivity index (χ2v) is 4.52. The molecule has 0 aliphatic heterocycles. The Morgan fingerprint density at radius 2 is 2.28 bits per heavy atom. The Hall–Kier alpha value is -1.60. The average molecular weight is 245 g/mol. The fraction of sp³-hybridized carbons (Fsp3) is 0.571. The average Bonchev–Trinajstić information content (AvgIpc) is 2.86. The molecule has 96 valence electrons. The van der Waals surface area contributed by atoms with Gasteiger partial charge in [-0.3, -0.25) is 0 Å². The molecule has 0 aromatic carbocycles. The van der Waals surface area contributed by atoms with Crippen LogP contribution in [-0.4, -0.2) is 31.8 Å². The molecule has 1 aliphatic rings. The van der Waals surface area contributed by atoms with Gasteiger partial charge in [0.05, 0.1) is 19.1 Å². The SMILES string of the molecule is COCCN(CCC#N)c1ccc2c(n1)CCC2. The molecule has 1 aliphatic carbocycles. The number of anilines is 1. The summed E-state index contributed by atoms with van der Waals surface area (Å²) in [4.78, 5) is 6.85. The number of aryl methyl sites for hydroxylation is 2. The van der Waals surface area contributed by atoms with Gasteiger partial charge in [-0.05, 0) is 30.9 Å². The first kappa shape index (κ1) is 12.8. The third-order valence-corrected chi connectivity index (χ3v) is 3.30. The van der Waals surface area contributed by atoms with Gasteiger partial charge in [0.1, 0.15) is 5.82 Å². The lowest BCUT2D eigenvalue weighted by atomic mass is 10.2. The van der Waals surface area contributed by atoms with Gasteiger partial charge in [0.2, 0.25) is 0 Å². The van der Waals surface area contributed by atoms with Crippen LogP contribution in [0.3, 0.4) is 0 Å². The molecule has 0 atom stereocenters. The Kier molecular flexibility index (Phi) is 4.54. The standard InChI is InChI=1S/C14H19N3O/c1-18-11-10-17(9-3-8-15)14-7-6-12-4-2-5-13(12)16-14/h6-7H,2-5,9-11H2,1H3. The number of pyridine rings is 1. The molecule has 0 N–H and O–H groups in total. The van der Waals surface area contributed by atoms with E-state index in [-0.39, 0.29) is 0 Å². The minimum absolute atomic E-state index is 0.516. The monoisotopic (exact) mass is 245 g/mol. The van der Waals surface area contributed by atoms with Crippen molar-refractivity contribution in [1.82, 2.24) is 4.98 Å². The summed E-state index contributed by atoms with van der Waals surface area (Å²) in [5.74, 6) is 0.975. The van der Waals surface area contributed by atoms with Gasteiger partial charge in [0.15, 0.2) is 0 Å². The van der Waals surface area contributed by atoms with Gasteiger partial charge < -0.3 is 9.64 Å². The molecule has 0 unspecified atom stereocenters. The van der Waals surface area contributed by atoms with Gasteiger partial charge in [-0.2, -0.15) is 5.26 Å². The first-order chi connectivity index (χ1) is 8.85. The van der Waals surface area contributed by atoms with Crippen molar-refractivity contribution in [2.45, 2.75) is 25.7 Å². The predicted octanol–water partition coefficient (Wildman–Crippen LogP) is 1.94. The molecule has 0 bridgehead atoms. The number of ether oxygens (including phenoxy) is 1. The number of nitriles is 1. The third kappa shape index (κ3) is 2.99. The molecule has 1 aromatic rings. The molecule has 0 saturated heterocycles. The Morgan fingerprint density at radius 1 is 1.39 bits per heavy atom. The van der Waals surface area contributed by atoms with E-state index in [0.29, 0.717) is 19.6 Å². The molecule has 0 fully saturated rings. The van der Waals surface area contributed by atoms with Crippen molar-refractivity contribution in [1.29, 1.82) is 5.26 Å². The number of hydrogen-bond acceptors (Lipinski definition) is 4. The zero-order valence-corrected chi connectivity index (χ0v) is 10.9. The van der Waals surface area contributed by atoms with Crippen LogP contribution in [0.4, 0.5) is 5.82 Å². The number of nitrogens with zero attached hydrogens (tertiary/aromatic N) is 3. The minimum Gasteiger partial charge on any atom is -0.383 e. The molecular weight excluding hydrogens is 226 g/mol. The number of rotatable bonds is 6. The zero-order valence-electron chi connectivity index (χ0n) is 10.9. The van der Waals surface area contributed by atoms with E-state index >= 15 is 0 Å². The summed E-state index contributed by atoms with van der Waals surface area (Å²) in [5.41, 5.74) is 2.61. The lowest BCUT2D eigenvalue weighted by Crippen LogP contribution is -2.29. The lowest BCUT2D eigenvalue weighted by molar-refractivity contribution is 0.205. The number of aromatic nitrogens is 1. The molecule has 0 saturated carbocycles. The molecule has 1 aromatic heterocycles. The highest BCUT2D eigenvalue weighted by Crippen LogP contribution is 2.23. The number of methoxy groups -OCH3 is 1. The van der Waals surface area contributed by atoms with Crippen LogP contribution in [0.2, 0.25) is 0 Å². The molecule has 1 heterocycles. The van der Waals surface area contributed by atoms with Gasteiger partial charge in [-0.1, -0.05) is 6.07 Å². The molecule has 0 radical (unpaired) electrons. The lowest BCUT2D eigenvalue weighted by Gasteiger charge is -2.22. The van der Waals surface area contributed by atoms with E-state index in [1.807, 2.05) is 0 Å². The molecule has 4 heteroatoms. The molecule has 4 nitrogen and oxygen atoms in total. The number of hydrogen-bond donors (Lipinski definition) is 0. The van der Waals surface area contributed by atoms with Crippen molar-refractivity contribution >= 4 is 5.82 Å². The van der Waals surface area contributed by atoms with Crippen molar-refractivity contribution < 1.29 is 4.74 Å². The maximum absolute atomic E-state index is 8.71. The highest BCUT2D eigenvalue weighted by molar-refractivity contribution is 5.43. The maximum atomic E-state index is 8.71. The van der Waals surface area contributed by atoms with Gasteiger partial charge in [0, 0.05) is 25.9 Å². The van der Waals surface area contributed by atoms with E-state index in [9.17, 15) is 0 Å². The van der Waals surface area contributed by atoms with E-state index in [4.69, 9.17) is 15.0 Å². The fourth-order valence-corrected chi connectivity index (χ4v) is 2.31. The van der Waals surface area contributed by atoms with Crippen LogP contribution in [-0.2, 0) is 17.6 Å². The van der Waals surface area contributed by atoms with E-state index < -0.39 is 0 Å². The topological polar surface area (TPSA) is 49.1 Å². The maximum Gasteiger partial charge on any atom is 0.128 e. The molecule has 2 rings (SSSR count). The van der Waals surface area contributed by atoms with Gasteiger partial charge in [0.25, 0.3) is 0 Å². The van der Waals surface area contributed by atoms with Crippen LogP contribution >= 0.6 is 0 Å². The van der Waals surface area contributed by atoms with E-state index in [2.05, 4.69) is 23.1 Å². The summed E-state index contributed by atoms with van der Waals surface area (Å²) in [5, 5.41) is 8.71. The molecular formula is C14H19N3O. The van der Waals surface area contributed by atoms with Gasteiger partial charge in [-0.25, -0.2) is 4.98 Å². The highest BCUT2D eigenvalue weighted by Gasteiger charge is 2.15. The summed E-state index contributed by atoms with van der Waals surface area (Å²) in [6.07, 6.45) is 3.96. The Morgan fingerprint density at radius 3 is 3.06 bits per heavy atom. The summed E-state index contributed by atoms with van der Waals surface area (Å²) >= 11 is 0. The predicted molar refractivity (Wildman–Crippen MR) is 70.6 cm³/mol. The van der Waals surface area contributed by atoms with Crippen LogP contribution in [0.1, 0.15) is 24.1 Å². The molecule has 18 heavy (non-hydrogen) atoms. The quantitative estimate of drug-likeness (QED) is 0.768. The Labute approximate surface area is 108 Å². The van der Waals surface area contributed by atoms with Crippen LogP contribution in [0, 0.1) is 11.3 Å².